The molecular weight excluding hydrogens is 534 g/mol. The Kier molecular flexibility index (Phi) is 10.2. The summed E-state index contributed by atoms with van der Waals surface area (Å²) in [5.74, 6) is -0.581. The molecule has 0 bridgehead atoms. The summed E-state index contributed by atoms with van der Waals surface area (Å²) in [6, 6.07) is 19.6. The smallest absolute Gasteiger partial charge is 0.264 e. The molecule has 1 unspecified atom stereocenters. The molecule has 39 heavy (non-hydrogen) atoms. The number of nitrogens with one attached hydrogen (secondary N) is 1. The van der Waals surface area contributed by atoms with E-state index in [0.29, 0.717) is 11.6 Å². The van der Waals surface area contributed by atoms with Crippen LogP contribution in [0.25, 0.3) is 0 Å². The van der Waals surface area contributed by atoms with E-state index >= 15 is 0 Å². The van der Waals surface area contributed by atoms with Crippen molar-refractivity contribution in [3.05, 3.63) is 94.5 Å². The third kappa shape index (κ3) is 7.61. The van der Waals surface area contributed by atoms with E-state index in [2.05, 4.69) is 5.32 Å². The molecule has 3 rings (SSSR count). The van der Waals surface area contributed by atoms with E-state index in [4.69, 9.17) is 11.6 Å². The van der Waals surface area contributed by atoms with Crippen LogP contribution in [0, 0.1) is 19.8 Å². The fourth-order valence-corrected chi connectivity index (χ4v) is 5.59. The summed E-state index contributed by atoms with van der Waals surface area (Å²) < 4.78 is 28.7. The Bertz CT molecular complexity index is 1410. The molecule has 0 fully saturated rings. The average Bonchev–Trinajstić information content (AvgIpc) is 2.91. The van der Waals surface area contributed by atoms with E-state index in [1.807, 2.05) is 52.0 Å². The van der Waals surface area contributed by atoms with E-state index < -0.39 is 28.5 Å². The Balaban J connectivity index is 2.03. The van der Waals surface area contributed by atoms with Gasteiger partial charge in [0.15, 0.2) is 0 Å². The van der Waals surface area contributed by atoms with Crippen LogP contribution in [0.3, 0.4) is 0 Å². The lowest BCUT2D eigenvalue weighted by molar-refractivity contribution is -0.139. The van der Waals surface area contributed by atoms with Crippen LogP contribution in [0.2, 0.25) is 5.02 Å². The molecule has 1 atom stereocenters. The SMILES string of the molecule is Cc1ccc(N(CC(=O)N(Cc2ccccc2C)C(C)C(=O)NCC(C)C)S(=O)(=O)c2ccccc2)cc1Cl. The van der Waals surface area contributed by atoms with Gasteiger partial charge in [-0.1, -0.05) is 74.0 Å². The predicted molar refractivity (Wildman–Crippen MR) is 156 cm³/mol. The number of carbonyl (C=O) groups excluding carboxylic acids is 2. The number of carbonyl (C=O) groups is 2. The second-order valence-electron chi connectivity index (χ2n) is 10.0. The molecule has 0 aliphatic rings. The first-order chi connectivity index (χ1) is 18.4. The molecule has 0 saturated heterocycles. The lowest BCUT2D eigenvalue weighted by atomic mass is 10.1. The molecule has 1 N–H and O–H groups in total. The molecule has 3 aromatic rings. The van der Waals surface area contributed by atoms with Crippen molar-refractivity contribution in [1.82, 2.24) is 10.2 Å². The molecule has 7 nitrogen and oxygen atoms in total. The van der Waals surface area contributed by atoms with Gasteiger partial charge in [-0.3, -0.25) is 13.9 Å². The summed E-state index contributed by atoms with van der Waals surface area (Å²) in [7, 11) is -4.13. The molecule has 3 aromatic carbocycles. The second-order valence-corrected chi connectivity index (χ2v) is 12.3. The van der Waals surface area contributed by atoms with Crippen LogP contribution in [-0.4, -0.2) is 44.3 Å². The van der Waals surface area contributed by atoms with E-state index in [0.717, 1.165) is 21.0 Å². The van der Waals surface area contributed by atoms with Crippen molar-refractivity contribution in [2.24, 2.45) is 5.92 Å². The number of nitrogens with zero attached hydrogens (tertiary/aromatic N) is 2. The van der Waals surface area contributed by atoms with Crippen molar-refractivity contribution >= 4 is 39.1 Å². The first kappa shape index (κ1) is 30.2. The normalized spacial score (nSPS) is 12.2. The van der Waals surface area contributed by atoms with Crippen LogP contribution in [-0.2, 0) is 26.2 Å². The van der Waals surface area contributed by atoms with Gasteiger partial charge in [-0.25, -0.2) is 8.42 Å². The average molecular weight is 570 g/mol. The second kappa shape index (κ2) is 13.1. The van der Waals surface area contributed by atoms with Gasteiger partial charge in [0.25, 0.3) is 10.0 Å². The van der Waals surface area contributed by atoms with Gasteiger partial charge in [0.2, 0.25) is 11.8 Å². The number of sulfonamides is 1. The van der Waals surface area contributed by atoms with Gasteiger partial charge in [-0.15, -0.1) is 0 Å². The van der Waals surface area contributed by atoms with Gasteiger partial charge >= 0.3 is 0 Å². The molecule has 0 heterocycles. The largest absolute Gasteiger partial charge is 0.354 e. The van der Waals surface area contributed by atoms with Crippen molar-refractivity contribution in [1.29, 1.82) is 0 Å². The van der Waals surface area contributed by atoms with Crippen molar-refractivity contribution in [3.63, 3.8) is 0 Å². The zero-order chi connectivity index (χ0) is 28.7. The summed E-state index contributed by atoms with van der Waals surface area (Å²) >= 11 is 6.36. The quantitative estimate of drug-likeness (QED) is 0.338. The van der Waals surface area contributed by atoms with Crippen LogP contribution < -0.4 is 9.62 Å². The Morgan fingerprint density at radius 1 is 0.897 bits per heavy atom. The summed E-state index contributed by atoms with van der Waals surface area (Å²) in [5, 5.41) is 3.27. The Hall–Kier alpha value is -3.36. The maximum Gasteiger partial charge on any atom is 0.264 e. The monoisotopic (exact) mass is 569 g/mol. The van der Waals surface area contributed by atoms with E-state index in [9.17, 15) is 18.0 Å². The lowest BCUT2D eigenvalue weighted by Gasteiger charge is -2.32. The topological polar surface area (TPSA) is 86.8 Å². The highest BCUT2D eigenvalue weighted by Gasteiger charge is 2.32. The fourth-order valence-electron chi connectivity index (χ4n) is 3.99. The highest BCUT2D eigenvalue weighted by Crippen LogP contribution is 2.28. The van der Waals surface area contributed by atoms with Gasteiger partial charge in [0, 0.05) is 18.1 Å². The molecule has 0 aliphatic carbocycles. The number of aryl methyl sites for hydroxylation is 2. The van der Waals surface area contributed by atoms with Crippen LogP contribution in [0.1, 0.15) is 37.5 Å². The number of hydrogen-bond donors (Lipinski definition) is 1. The number of halogens is 1. The number of amides is 2. The zero-order valence-corrected chi connectivity index (χ0v) is 24.6. The summed E-state index contributed by atoms with van der Waals surface area (Å²) in [5.41, 5.74) is 2.87. The molecule has 0 aromatic heterocycles. The molecule has 9 heteroatoms. The number of rotatable bonds is 11. The first-order valence-electron chi connectivity index (χ1n) is 12.9. The Labute approximate surface area is 236 Å². The van der Waals surface area contributed by atoms with Crippen LogP contribution in [0.15, 0.2) is 77.7 Å². The summed E-state index contributed by atoms with van der Waals surface area (Å²) in [6.45, 7) is 9.48. The highest BCUT2D eigenvalue weighted by atomic mass is 35.5. The van der Waals surface area contributed by atoms with Gasteiger partial charge in [-0.05, 0) is 67.6 Å². The van der Waals surface area contributed by atoms with Gasteiger partial charge in [0.1, 0.15) is 12.6 Å². The van der Waals surface area contributed by atoms with Crippen LogP contribution in [0.5, 0.6) is 0 Å². The lowest BCUT2D eigenvalue weighted by Crippen LogP contribution is -2.51. The Morgan fingerprint density at radius 3 is 2.15 bits per heavy atom. The van der Waals surface area contributed by atoms with Gasteiger partial charge < -0.3 is 10.2 Å². The van der Waals surface area contributed by atoms with Crippen molar-refractivity contribution in [3.8, 4) is 0 Å². The minimum atomic E-state index is -4.13. The molecule has 2 amide bonds. The van der Waals surface area contributed by atoms with Crippen molar-refractivity contribution in [2.45, 2.75) is 52.1 Å². The summed E-state index contributed by atoms with van der Waals surface area (Å²) in [6.07, 6.45) is 0. The van der Waals surface area contributed by atoms with Gasteiger partial charge in [0.05, 0.1) is 10.6 Å². The van der Waals surface area contributed by atoms with Crippen LogP contribution >= 0.6 is 11.6 Å². The number of hydrogen-bond acceptors (Lipinski definition) is 4. The maximum absolute atomic E-state index is 14.0. The third-order valence-electron chi connectivity index (χ3n) is 6.51. The van der Waals surface area contributed by atoms with Crippen molar-refractivity contribution < 1.29 is 18.0 Å². The molecule has 0 aliphatic heterocycles. The highest BCUT2D eigenvalue weighted by molar-refractivity contribution is 7.92. The molecule has 208 valence electrons. The fraction of sp³-hybridized carbons (Fsp3) is 0.333. The van der Waals surface area contributed by atoms with Crippen molar-refractivity contribution in [2.75, 3.05) is 17.4 Å². The minimum Gasteiger partial charge on any atom is -0.354 e. The zero-order valence-electron chi connectivity index (χ0n) is 23.0. The predicted octanol–water partition coefficient (Wildman–Crippen LogP) is 5.34. The van der Waals surface area contributed by atoms with E-state index in [1.165, 1.54) is 23.1 Å². The third-order valence-corrected chi connectivity index (χ3v) is 8.70. The Morgan fingerprint density at radius 2 is 1.54 bits per heavy atom. The maximum atomic E-state index is 14.0. The van der Waals surface area contributed by atoms with Gasteiger partial charge in [-0.2, -0.15) is 0 Å². The molecule has 0 radical (unpaired) electrons. The summed E-state index contributed by atoms with van der Waals surface area (Å²) in [4.78, 5) is 28.5. The number of anilines is 1. The molecular formula is C30H36ClN3O4S. The molecule has 0 spiro atoms. The van der Waals surface area contributed by atoms with Crippen LogP contribution in [0.4, 0.5) is 5.69 Å². The van der Waals surface area contributed by atoms with E-state index in [1.54, 1.807) is 37.3 Å². The van der Waals surface area contributed by atoms with E-state index in [-0.39, 0.29) is 29.0 Å². The number of benzene rings is 3. The minimum absolute atomic E-state index is 0.0441. The molecule has 0 saturated carbocycles. The standard InChI is InChI=1S/C30H36ClN3O4S/c1-21(2)18-32-30(36)24(5)33(19-25-12-10-9-11-22(25)3)29(35)20-34(26-16-15-23(4)28(31)17-26)39(37,38)27-13-7-6-8-14-27/h6-17,21,24H,18-20H2,1-5H3,(H,32,36). The first-order valence-corrected chi connectivity index (χ1v) is 14.7.